The zero-order valence-corrected chi connectivity index (χ0v) is 57.6. The Bertz CT molecular complexity index is 3650. The number of phenolic OH excluding ortho intramolecular Hbond substituents is 4. The number of aromatic carboxylic acids is 1. The number of halogens is 1. The maximum absolute atomic E-state index is 13.6. The quantitative estimate of drug-likeness (QED) is 0.0165. The van der Waals surface area contributed by atoms with Crippen LogP contribution in [0.1, 0.15) is 55.3 Å². The molecule has 0 radical (unpaired) electrons. The zero-order valence-electron chi connectivity index (χ0n) is 54.6. The van der Waals surface area contributed by atoms with Crippen LogP contribution in [0.4, 0.5) is 0 Å². The summed E-state index contributed by atoms with van der Waals surface area (Å²) >= 11 is 0. The summed E-state index contributed by atoms with van der Waals surface area (Å²) in [6, 6.07) is 32.0. The van der Waals surface area contributed by atoms with Crippen LogP contribution >= 0.6 is 0 Å². The zero-order chi connectivity index (χ0) is 74.3. The van der Waals surface area contributed by atoms with Crippen LogP contribution in [0, 0.1) is 0 Å². The molecule has 0 bridgehead atoms. The van der Waals surface area contributed by atoms with Gasteiger partial charge in [0, 0.05) is 31.2 Å². The van der Waals surface area contributed by atoms with E-state index in [0.29, 0.717) is 0 Å². The van der Waals surface area contributed by atoms with Crippen LogP contribution in [-0.2, 0) is 42.9 Å². The van der Waals surface area contributed by atoms with Crippen LogP contribution < -0.4 is 37.5 Å². The number of cyclic esters (lactones) is 1. The van der Waals surface area contributed by atoms with E-state index >= 15 is 0 Å². The van der Waals surface area contributed by atoms with Gasteiger partial charge in [0.1, 0.15) is 88.7 Å². The Kier molecular flexibility index (Phi) is 37.4. The number of esters is 2. The van der Waals surface area contributed by atoms with Crippen molar-refractivity contribution in [3.63, 3.8) is 0 Å². The number of carbonyl (C=O) groups excluding carboxylic acids is 4. The maximum Gasteiger partial charge on any atom is 2.00 e. The minimum absolute atomic E-state index is 0. The van der Waals surface area contributed by atoms with Crippen LogP contribution in [0.5, 0.6) is 34.5 Å². The molecule has 9 rings (SSSR count). The number of hydrogen-bond acceptors (Lipinski definition) is 33. The smallest absolute Gasteiger partial charge is 1.00 e. The van der Waals surface area contributed by atoms with E-state index in [2.05, 4.69) is 77.0 Å². The summed E-state index contributed by atoms with van der Waals surface area (Å²) in [4.78, 5) is 66.1. The molecule has 3 aliphatic rings. The molecule has 6 aromatic rings. The van der Waals surface area contributed by atoms with E-state index in [1.54, 1.807) is 12.1 Å². The van der Waals surface area contributed by atoms with Crippen molar-refractivity contribution in [1.82, 2.24) is 4.90 Å². The van der Waals surface area contributed by atoms with Crippen molar-refractivity contribution >= 4 is 78.6 Å². The molecule has 4 heterocycles. The number of rotatable bonds is 18. The molecule has 34 nitrogen and oxygen atoms in total. The van der Waals surface area contributed by atoms with Gasteiger partial charge in [-0.15, -0.1) is 0 Å². The van der Waals surface area contributed by atoms with Crippen molar-refractivity contribution in [2.24, 2.45) is 0 Å². The summed E-state index contributed by atoms with van der Waals surface area (Å²) in [5, 5.41) is 180. The van der Waals surface area contributed by atoms with Crippen LogP contribution in [0.3, 0.4) is 0 Å². The Balaban J connectivity index is 0.000000490. The molecule has 2 fully saturated rings. The van der Waals surface area contributed by atoms with Crippen molar-refractivity contribution in [3.8, 4) is 45.8 Å². The number of carbonyl (C=O) groups is 5. The van der Waals surface area contributed by atoms with Crippen LogP contribution in [0.25, 0.3) is 22.3 Å². The molecule has 0 spiro atoms. The number of carboxylic acid groups (broad SMARTS) is 3. The molecular formula is C65H77CaClNO33-. The number of para-hydroxylation sites is 1. The van der Waals surface area contributed by atoms with Gasteiger partial charge in [0.05, 0.1) is 50.1 Å². The number of carboxylic acids is 3. The van der Waals surface area contributed by atoms with Gasteiger partial charge in [0.25, 0.3) is 0 Å². The van der Waals surface area contributed by atoms with E-state index in [-0.39, 0.29) is 78.7 Å². The Hall–Kier alpha value is -8.05. The van der Waals surface area contributed by atoms with Crippen molar-refractivity contribution in [1.29, 1.82) is 0 Å². The van der Waals surface area contributed by atoms with Gasteiger partial charge in [0.2, 0.25) is 23.2 Å². The van der Waals surface area contributed by atoms with Crippen molar-refractivity contribution in [2.45, 2.75) is 120 Å². The molecule has 36 heteroatoms. The summed E-state index contributed by atoms with van der Waals surface area (Å²) in [7, 11) is 4.12. The van der Waals surface area contributed by atoms with Crippen molar-refractivity contribution < 1.29 is 171 Å². The van der Waals surface area contributed by atoms with E-state index < -0.39 is 186 Å². The fourth-order valence-corrected chi connectivity index (χ4v) is 8.54. The topological polar surface area (TPSA) is 573 Å². The number of aliphatic carboxylic acids is 2. The number of phenols is 4. The molecule has 14 atom stereocenters. The summed E-state index contributed by atoms with van der Waals surface area (Å²) in [6.45, 7) is 5.29. The summed E-state index contributed by atoms with van der Waals surface area (Å²) in [5.74, 6) is -10.6. The van der Waals surface area contributed by atoms with Gasteiger partial charge < -0.3 is 161 Å². The van der Waals surface area contributed by atoms with Crippen molar-refractivity contribution in [2.75, 3.05) is 40.5 Å². The molecule has 0 amide bonds. The molecule has 5 aromatic carbocycles. The van der Waals surface area contributed by atoms with Crippen molar-refractivity contribution in [3.05, 3.63) is 154 Å². The van der Waals surface area contributed by atoms with Gasteiger partial charge >= 0.3 is 55.6 Å². The average molecular weight is 1480 g/mol. The first-order valence-electron chi connectivity index (χ1n) is 29.5. The van der Waals surface area contributed by atoms with E-state index in [0.717, 1.165) is 51.3 Å². The number of likely N-dealkylation sites (N-methyl/N-ethyl adjacent to an activating group) is 1. The fraction of sp³-hybridized carbons (Fsp3) is 0.385. The summed E-state index contributed by atoms with van der Waals surface area (Å²) in [5.41, 5.74) is 1.04. The van der Waals surface area contributed by atoms with Gasteiger partial charge in [0.15, 0.2) is 35.4 Å². The first-order valence-corrected chi connectivity index (χ1v) is 29.5. The second-order valence-electron chi connectivity index (χ2n) is 21.8. The summed E-state index contributed by atoms with van der Waals surface area (Å²) < 4.78 is 42.9. The van der Waals surface area contributed by atoms with E-state index in [1.807, 2.05) is 12.1 Å². The van der Waals surface area contributed by atoms with Gasteiger partial charge in [-0.25, -0.2) is 9.59 Å². The van der Waals surface area contributed by atoms with Crippen LogP contribution in [0.2, 0.25) is 0 Å². The molecule has 0 aliphatic carbocycles. The molecule has 101 heavy (non-hydrogen) atoms. The van der Waals surface area contributed by atoms with E-state index in [9.17, 15) is 90.0 Å². The van der Waals surface area contributed by atoms with Crippen LogP contribution in [-0.4, -0.2) is 286 Å². The number of nitrogens with zero attached hydrogens (tertiary/aromatic N) is 1. The predicted octanol–water partition coefficient (Wildman–Crippen LogP) is -5.57. The minimum atomic E-state index is -1.97. The molecule has 3 aliphatic heterocycles. The van der Waals surface area contributed by atoms with E-state index in [1.165, 1.54) is 43.2 Å². The monoisotopic (exact) mass is 1470 g/mol. The number of fused-ring (bicyclic) bond motifs is 1. The molecule has 17 N–H and O–H groups in total. The first kappa shape index (κ1) is 89.0. The van der Waals surface area contributed by atoms with Gasteiger partial charge in [-0.1, -0.05) is 72.8 Å². The Morgan fingerprint density at radius 3 is 1.67 bits per heavy atom. The summed E-state index contributed by atoms with van der Waals surface area (Å²) in [6.07, 6.45) is -21.6. The third-order valence-corrected chi connectivity index (χ3v) is 13.8. The number of benzene rings is 5. The largest absolute Gasteiger partial charge is 2.00 e. The molecule has 2 saturated heterocycles. The SMILES string of the molecule is CC(=O)Oc1ccccc1C(=O)O.CC(O)C(=O)[O-].CC(O)C(=O)[O-].CN(C)CCOC(c1ccccc1)c1ccccc1.C[C@@H]1O[C@@H](OC[C@H]2O[C@@H](Oc3c(-c4ccc(O)c(O)c4)oc4cc(O)cc(O)c4c3=O)[C@H](O)[C@@H](O)[C@H]2O)[C@H](O)[C@H](O)[C@@H]1O.O=C1O[C@H]([C@@H](O)CO)C(O)=C1O.[Ca+2].[Cl-]. The average Bonchev–Trinajstić information content (AvgIpc) is 1.30. The maximum atomic E-state index is 13.6. The minimum Gasteiger partial charge on any atom is -1.00 e. The third-order valence-electron chi connectivity index (χ3n) is 13.8. The fourth-order valence-electron chi connectivity index (χ4n) is 8.54. The second-order valence-corrected chi connectivity index (χ2v) is 21.8. The van der Waals surface area contributed by atoms with Gasteiger partial charge in [-0.3, -0.25) is 9.59 Å². The Morgan fingerprint density at radius 1 is 0.663 bits per heavy atom. The Labute approximate surface area is 610 Å². The molecular weight excluding hydrogens is 1400 g/mol. The molecule has 1 aromatic heterocycles. The number of aliphatic hydroxyl groups is 12. The number of hydrogen-bond donors (Lipinski definition) is 17. The predicted molar refractivity (Wildman–Crippen MR) is 339 cm³/mol. The standard InChI is InChI=1S/C27H30O16.C17H21NO.C9H8O4.C6H8O6.2C3H6O3.Ca.ClH/c1-8-17(32)20(35)22(37)26(40-8)39-7-15-18(33)21(36)23(38)27(42-15)43-25-19(34)16-13(31)5-10(28)6-14(16)41-24(25)9-2-3-11(29)12(30)4-9;1-18(2)13-14-19-17(15-9-5-3-6-10-15)16-11-7-4-8-12-16;1-6(10)13-8-5-3-2-4-7(8)9(11)12;7-1-2(8)5-3(9)4(10)6(11)12-5;2*1-2(4)3(5)6;;/h2-6,8,15,17-18,20-23,26-33,35-38H,7H2,1H3;3-12,17H,13-14H2,1-2H3;2-5H,1H3,(H,11,12);2,5,7-10H,1H2;2*2,4H,1H3,(H,5,6);;1H/q;;;;;;+2;/p-3/t8-,15+,17+,18-,20+,21-,22+,23+,26+,27-;;;2-,5+;;;;/m0..0..../s1. The van der Waals surface area contributed by atoms with Gasteiger partial charge in [-0.2, -0.15) is 0 Å². The third kappa shape index (κ3) is 26.1. The molecule has 0 saturated carbocycles. The molecule has 550 valence electrons. The number of aromatic hydroxyl groups is 4. The Morgan fingerprint density at radius 2 is 1.19 bits per heavy atom. The number of aliphatic hydroxyl groups excluding tert-OH is 12. The van der Waals surface area contributed by atoms with E-state index in [4.69, 9.17) is 63.8 Å². The second kappa shape index (κ2) is 42.4. The number of ether oxygens (including phenoxy) is 7. The van der Waals surface area contributed by atoms with Crippen LogP contribution in [0.15, 0.2) is 136 Å². The first-order chi connectivity index (χ1) is 46.5. The van der Waals surface area contributed by atoms with Gasteiger partial charge in [-0.05, 0) is 76.3 Å². The molecule has 2 unspecified atom stereocenters. The normalized spacial score (nSPS) is 22.0.